The number of anilines is 2. The SMILES string of the molecule is CN(C)c1cccc(C(=O)NNC(=O)C2=NN(c3ccccc3)C(=O)CC2)c1. The van der Waals surface area contributed by atoms with Crippen molar-refractivity contribution in [3.8, 4) is 0 Å². The van der Waals surface area contributed by atoms with Crippen LogP contribution in [-0.4, -0.2) is 37.5 Å². The highest BCUT2D eigenvalue weighted by atomic mass is 16.2. The largest absolute Gasteiger partial charge is 0.378 e. The van der Waals surface area contributed by atoms with E-state index >= 15 is 0 Å². The number of para-hydroxylation sites is 1. The molecule has 0 atom stereocenters. The number of carbonyl (C=O) groups excluding carboxylic acids is 3. The Balaban J connectivity index is 1.66. The molecule has 3 rings (SSSR count). The summed E-state index contributed by atoms with van der Waals surface area (Å²) in [7, 11) is 3.75. The molecule has 1 aliphatic rings. The molecule has 0 radical (unpaired) electrons. The maximum atomic E-state index is 12.4. The fourth-order valence-electron chi connectivity index (χ4n) is 2.67. The molecule has 0 bridgehead atoms. The molecule has 2 aromatic carbocycles. The molecular formula is C20H21N5O3. The zero-order valence-corrected chi connectivity index (χ0v) is 15.7. The number of hydrogen-bond donors (Lipinski definition) is 2. The van der Waals surface area contributed by atoms with E-state index in [-0.39, 0.29) is 24.5 Å². The Labute approximate surface area is 162 Å². The van der Waals surface area contributed by atoms with Crippen molar-refractivity contribution in [2.45, 2.75) is 12.8 Å². The van der Waals surface area contributed by atoms with Gasteiger partial charge in [-0.25, -0.2) is 5.01 Å². The first kappa shape index (κ1) is 19.1. The standard InChI is InChI=1S/C20H21N5O3/c1-24(2)16-10-6-7-14(13-16)19(27)21-22-20(28)17-11-12-18(26)25(23-17)15-8-4-3-5-9-15/h3-10,13H,11-12H2,1-2H3,(H,21,27)(H,22,28). The van der Waals surface area contributed by atoms with Crippen LogP contribution >= 0.6 is 0 Å². The predicted molar refractivity (Wildman–Crippen MR) is 107 cm³/mol. The van der Waals surface area contributed by atoms with Gasteiger partial charge in [0.25, 0.3) is 11.8 Å². The second kappa shape index (κ2) is 8.34. The van der Waals surface area contributed by atoms with Gasteiger partial charge in [0, 0.05) is 38.2 Å². The number of nitrogens with zero attached hydrogens (tertiary/aromatic N) is 3. The first-order chi connectivity index (χ1) is 13.5. The average molecular weight is 379 g/mol. The monoisotopic (exact) mass is 379 g/mol. The lowest BCUT2D eigenvalue weighted by atomic mass is 10.1. The van der Waals surface area contributed by atoms with Gasteiger partial charge in [-0.15, -0.1) is 0 Å². The van der Waals surface area contributed by atoms with E-state index in [1.54, 1.807) is 42.5 Å². The van der Waals surface area contributed by atoms with Crippen molar-refractivity contribution < 1.29 is 14.4 Å². The van der Waals surface area contributed by atoms with E-state index in [9.17, 15) is 14.4 Å². The molecular weight excluding hydrogens is 358 g/mol. The van der Waals surface area contributed by atoms with Crippen LogP contribution in [0.1, 0.15) is 23.2 Å². The van der Waals surface area contributed by atoms with Crippen LogP contribution in [0.25, 0.3) is 0 Å². The Morgan fingerprint density at radius 3 is 2.39 bits per heavy atom. The molecule has 0 saturated heterocycles. The van der Waals surface area contributed by atoms with Gasteiger partial charge < -0.3 is 4.90 Å². The summed E-state index contributed by atoms with van der Waals surface area (Å²) in [5.74, 6) is -1.18. The highest BCUT2D eigenvalue weighted by molar-refractivity contribution is 6.40. The molecule has 0 aromatic heterocycles. The summed E-state index contributed by atoms with van der Waals surface area (Å²) in [4.78, 5) is 38.7. The number of hydrogen-bond acceptors (Lipinski definition) is 5. The van der Waals surface area contributed by atoms with Crippen molar-refractivity contribution in [2.24, 2.45) is 5.10 Å². The Morgan fingerprint density at radius 2 is 1.68 bits per heavy atom. The van der Waals surface area contributed by atoms with Gasteiger partial charge in [0.15, 0.2) is 0 Å². The number of hydrazine groups is 1. The predicted octanol–water partition coefficient (Wildman–Crippen LogP) is 1.70. The van der Waals surface area contributed by atoms with E-state index in [4.69, 9.17) is 0 Å². The van der Waals surface area contributed by atoms with Crippen LogP contribution in [0.3, 0.4) is 0 Å². The van der Waals surface area contributed by atoms with Gasteiger partial charge in [-0.2, -0.15) is 5.10 Å². The molecule has 2 N–H and O–H groups in total. The molecule has 28 heavy (non-hydrogen) atoms. The number of rotatable bonds is 4. The Bertz CT molecular complexity index is 924. The van der Waals surface area contributed by atoms with Crippen molar-refractivity contribution in [3.63, 3.8) is 0 Å². The topological polar surface area (TPSA) is 94.1 Å². The molecule has 1 aliphatic heterocycles. The summed E-state index contributed by atoms with van der Waals surface area (Å²) in [5, 5.41) is 5.36. The molecule has 8 heteroatoms. The Kier molecular flexibility index (Phi) is 5.69. The summed E-state index contributed by atoms with van der Waals surface area (Å²) in [6.07, 6.45) is 0.375. The van der Waals surface area contributed by atoms with Gasteiger partial charge in [0.2, 0.25) is 5.91 Å². The highest BCUT2D eigenvalue weighted by Crippen LogP contribution is 2.19. The van der Waals surface area contributed by atoms with Gasteiger partial charge in [0.05, 0.1) is 5.69 Å². The van der Waals surface area contributed by atoms with Crippen LogP contribution in [0.4, 0.5) is 11.4 Å². The van der Waals surface area contributed by atoms with Crippen molar-refractivity contribution in [1.29, 1.82) is 0 Å². The molecule has 2 aromatic rings. The van der Waals surface area contributed by atoms with E-state index in [0.29, 0.717) is 11.3 Å². The third-order valence-electron chi connectivity index (χ3n) is 4.21. The van der Waals surface area contributed by atoms with Crippen molar-refractivity contribution in [1.82, 2.24) is 10.9 Å². The van der Waals surface area contributed by atoms with Gasteiger partial charge in [-0.05, 0) is 30.3 Å². The quantitative estimate of drug-likeness (QED) is 0.791. The smallest absolute Gasteiger partial charge is 0.285 e. The lowest BCUT2D eigenvalue weighted by Crippen LogP contribution is -2.47. The van der Waals surface area contributed by atoms with Crippen molar-refractivity contribution >= 4 is 34.8 Å². The molecule has 0 aliphatic carbocycles. The van der Waals surface area contributed by atoms with E-state index in [2.05, 4.69) is 16.0 Å². The number of benzene rings is 2. The number of carbonyl (C=O) groups is 3. The third kappa shape index (κ3) is 4.35. The summed E-state index contributed by atoms with van der Waals surface area (Å²) in [6.45, 7) is 0. The van der Waals surface area contributed by atoms with Gasteiger partial charge in [-0.1, -0.05) is 24.3 Å². The summed E-state index contributed by atoms with van der Waals surface area (Å²) in [5.41, 5.74) is 6.79. The normalized spacial score (nSPS) is 13.6. The fraction of sp³-hybridized carbons (Fsp3) is 0.200. The van der Waals surface area contributed by atoms with Crippen LogP contribution in [0.15, 0.2) is 59.7 Å². The van der Waals surface area contributed by atoms with Crippen LogP contribution in [0.5, 0.6) is 0 Å². The molecule has 0 fully saturated rings. The molecule has 3 amide bonds. The van der Waals surface area contributed by atoms with Crippen LogP contribution < -0.4 is 20.8 Å². The minimum Gasteiger partial charge on any atom is -0.378 e. The summed E-state index contributed by atoms with van der Waals surface area (Å²) < 4.78 is 0. The van der Waals surface area contributed by atoms with Crippen molar-refractivity contribution in [3.05, 3.63) is 60.2 Å². The zero-order chi connectivity index (χ0) is 20.1. The number of nitrogens with one attached hydrogen (secondary N) is 2. The Hall–Kier alpha value is -3.68. The van der Waals surface area contributed by atoms with E-state index in [0.717, 1.165) is 5.69 Å². The maximum Gasteiger partial charge on any atom is 0.285 e. The molecule has 1 heterocycles. The molecule has 0 saturated carbocycles. The first-order valence-electron chi connectivity index (χ1n) is 8.79. The highest BCUT2D eigenvalue weighted by Gasteiger charge is 2.25. The molecule has 8 nitrogen and oxygen atoms in total. The van der Waals surface area contributed by atoms with E-state index in [1.807, 2.05) is 31.1 Å². The van der Waals surface area contributed by atoms with Crippen molar-refractivity contribution in [2.75, 3.05) is 24.0 Å². The van der Waals surface area contributed by atoms with Crippen LogP contribution in [0.2, 0.25) is 0 Å². The number of amides is 3. The third-order valence-corrected chi connectivity index (χ3v) is 4.21. The second-order valence-electron chi connectivity index (χ2n) is 6.44. The van der Waals surface area contributed by atoms with Gasteiger partial charge in [0.1, 0.15) is 5.71 Å². The van der Waals surface area contributed by atoms with Crippen LogP contribution in [0, 0.1) is 0 Å². The first-order valence-corrected chi connectivity index (χ1v) is 8.79. The zero-order valence-electron chi connectivity index (χ0n) is 15.7. The maximum absolute atomic E-state index is 12.4. The molecule has 0 spiro atoms. The van der Waals surface area contributed by atoms with Gasteiger partial charge in [-0.3, -0.25) is 25.2 Å². The fourth-order valence-corrected chi connectivity index (χ4v) is 2.67. The minimum absolute atomic E-state index is 0.167. The molecule has 0 unspecified atom stereocenters. The lowest BCUT2D eigenvalue weighted by Gasteiger charge is -2.23. The summed E-state index contributed by atoms with van der Waals surface area (Å²) >= 11 is 0. The Morgan fingerprint density at radius 1 is 0.964 bits per heavy atom. The molecule has 144 valence electrons. The average Bonchev–Trinajstić information content (AvgIpc) is 2.72. The number of hydrazone groups is 1. The minimum atomic E-state index is -0.550. The van der Waals surface area contributed by atoms with Crippen LogP contribution in [-0.2, 0) is 9.59 Å². The van der Waals surface area contributed by atoms with E-state index in [1.165, 1.54) is 5.01 Å². The second-order valence-corrected chi connectivity index (χ2v) is 6.44. The summed E-state index contributed by atoms with van der Waals surface area (Å²) in [6, 6.07) is 15.9. The van der Waals surface area contributed by atoms with E-state index < -0.39 is 11.8 Å². The lowest BCUT2D eigenvalue weighted by molar-refractivity contribution is -0.119. The van der Waals surface area contributed by atoms with Gasteiger partial charge >= 0.3 is 0 Å².